The van der Waals surface area contributed by atoms with Crippen LogP contribution in [-0.2, 0) is 4.74 Å². The summed E-state index contributed by atoms with van der Waals surface area (Å²) >= 11 is 0. The number of nitro groups is 1. The third kappa shape index (κ3) is 3.47. The van der Waals surface area contributed by atoms with Gasteiger partial charge in [-0.15, -0.1) is 0 Å². The number of hydrazine groups is 1. The molecule has 0 unspecified atom stereocenters. The molecule has 0 aromatic heterocycles. The van der Waals surface area contributed by atoms with Crippen molar-refractivity contribution < 1.29 is 14.5 Å². The van der Waals surface area contributed by atoms with Gasteiger partial charge in [0.2, 0.25) is 0 Å². The minimum atomic E-state index is -0.582. The van der Waals surface area contributed by atoms with Gasteiger partial charge in [-0.25, -0.2) is 0 Å². The molecule has 0 saturated carbocycles. The molecule has 1 heterocycles. The van der Waals surface area contributed by atoms with E-state index in [1.54, 1.807) is 0 Å². The molecule has 1 aromatic carbocycles. The lowest BCUT2D eigenvalue weighted by molar-refractivity contribution is -0.385. The van der Waals surface area contributed by atoms with Crippen LogP contribution in [0.5, 0.6) is 0 Å². The van der Waals surface area contributed by atoms with Gasteiger partial charge in [0.15, 0.2) is 0 Å². The normalized spacial score (nSPS) is 17.0. The highest BCUT2D eigenvalue weighted by Crippen LogP contribution is 2.25. The lowest BCUT2D eigenvalue weighted by atomic mass is 9.92. The van der Waals surface area contributed by atoms with Gasteiger partial charge in [0.05, 0.1) is 4.92 Å². The number of nitrogens with one attached hydrogen (secondary N) is 2. The molecule has 1 aromatic rings. The topological polar surface area (TPSA) is 120 Å². The van der Waals surface area contributed by atoms with Crippen molar-refractivity contribution in [2.45, 2.75) is 25.3 Å². The van der Waals surface area contributed by atoms with E-state index in [2.05, 4.69) is 10.7 Å². The van der Waals surface area contributed by atoms with Gasteiger partial charge in [0.1, 0.15) is 5.56 Å². The van der Waals surface area contributed by atoms with Crippen molar-refractivity contribution in [3.63, 3.8) is 0 Å². The first-order valence-electron chi connectivity index (χ1n) is 6.60. The molecule has 1 saturated heterocycles. The Morgan fingerprint density at radius 3 is 2.67 bits per heavy atom. The van der Waals surface area contributed by atoms with Crippen LogP contribution in [0.15, 0.2) is 18.2 Å². The van der Waals surface area contributed by atoms with Gasteiger partial charge in [-0.3, -0.25) is 20.8 Å². The third-order valence-corrected chi connectivity index (χ3v) is 3.62. The average molecular weight is 294 g/mol. The number of benzene rings is 1. The fourth-order valence-corrected chi connectivity index (χ4v) is 2.26. The van der Waals surface area contributed by atoms with Gasteiger partial charge in [-0.2, -0.15) is 0 Å². The number of nitro benzene ring substituents is 1. The first-order valence-corrected chi connectivity index (χ1v) is 6.60. The fraction of sp³-hybridized carbons (Fsp3) is 0.462. The highest BCUT2D eigenvalue weighted by molar-refractivity contribution is 5.99. The summed E-state index contributed by atoms with van der Waals surface area (Å²) in [6, 6.07) is 4.08. The van der Waals surface area contributed by atoms with Crippen molar-refractivity contribution in [2.24, 2.45) is 5.84 Å². The molecule has 0 atom stereocenters. The lowest BCUT2D eigenvalue weighted by Gasteiger charge is -2.34. The number of amides is 1. The Labute approximate surface area is 121 Å². The number of carbonyl (C=O) groups is 1. The first-order chi connectivity index (χ1) is 9.95. The number of nitrogen functional groups attached to an aromatic ring is 1. The van der Waals surface area contributed by atoms with E-state index in [1.807, 2.05) is 6.92 Å². The van der Waals surface area contributed by atoms with E-state index in [0.29, 0.717) is 31.7 Å². The summed E-state index contributed by atoms with van der Waals surface area (Å²) in [5.41, 5.74) is 2.13. The van der Waals surface area contributed by atoms with E-state index in [0.717, 1.165) is 0 Å². The summed E-state index contributed by atoms with van der Waals surface area (Å²) in [6.45, 7) is 3.02. The second-order valence-corrected chi connectivity index (χ2v) is 5.26. The zero-order valence-electron chi connectivity index (χ0n) is 11.7. The molecule has 0 spiro atoms. The highest BCUT2D eigenvalue weighted by Gasteiger charge is 2.31. The second-order valence-electron chi connectivity index (χ2n) is 5.26. The van der Waals surface area contributed by atoms with Gasteiger partial charge in [-0.1, -0.05) is 0 Å². The molecular weight excluding hydrogens is 276 g/mol. The summed E-state index contributed by atoms with van der Waals surface area (Å²) < 4.78 is 5.26. The molecule has 4 N–H and O–H groups in total. The van der Waals surface area contributed by atoms with Crippen LogP contribution in [0.25, 0.3) is 0 Å². The number of anilines is 1. The Bertz CT molecular complexity index is 555. The monoisotopic (exact) mass is 294 g/mol. The maximum atomic E-state index is 12.4. The number of nitrogens with two attached hydrogens (primary N) is 1. The Morgan fingerprint density at radius 2 is 2.10 bits per heavy atom. The van der Waals surface area contributed by atoms with E-state index in [9.17, 15) is 14.9 Å². The van der Waals surface area contributed by atoms with Crippen LogP contribution in [0.2, 0.25) is 0 Å². The van der Waals surface area contributed by atoms with Crippen LogP contribution in [-0.4, -0.2) is 29.6 Å². The lowest BCUT2D eigenvalue weighted by Crippen LogP contribution is -2.49. The van der Waals surface area contributed by atoms with Gasteiger partial charge in [0.25, 0.3) is 11.6 Å². The highest BCUT2D eigenvalue weighted by atomic mass is 16.6. The van der Waals surface area contributed by atoms with Crippen LogP contribution >= 0.6 is 0 Å². The standard InChI is InChI=1S/C13H18N4O4/c1-13(4-6-21-7-5-13)15-12(18)10-8-9(16-14)2-3-11(10)17(19)20/h2-3,8,16H,4-7,14H2,1H3,(H,15,18). The zero-order valence-corrected chi connectivity index (χ0v) is 11.7. The second kappa shape index (κ2) is 6.06. The van der Waals surface area contributed by atoms with E-state index in [-0.39, 0.29) is 11.3 Å². The van der Waals surface area contributed by atoms with Gasteiger partial charge in [-0.05, 0) is 31.9 Å². The molecule has 2 rings (SSSR count). The molecule has 114 valence electrons. The quantitative estimate of drug-likeness (QED) is 0.436. The number of rotatable bonds is 4. The first kappa shape index (κ1) is 15.2. The summed E-state index contributed by atoms with van der Waals surface area (Å²) in [5, 5.41) is 13.9. The molecule has 0 bridgehead atoms. The molecule has 1 fully saturated rings. The fourth-order valence-electron chi connectivity index (χ4n) is 2.26. The van der Waals surface area contributed by atoms with Gasteiger partial charge >= 0.3 is 0 Å². The Hall–Kier alpha value is -2.19. The summed E-state index contributed by atoms with van der Waals surface area (Å²) in [6.07, 6.45) is 1.34. The molecule has 21 heavy (non-hydrogen) atoms. The Morgan fingerprint density at radius 1 is 1.43 bits per heavy atom. The van der Waals surface area contributed by atoms with Crippen molar-refractivity contribution in [2.75, 3.05) is 18.6 Å². The molecule has 1 amide bonds. The molecule has 8 heteroatoms. The maximum absolute atomic E-state index is 12.4. The molecule has 0 aliphatic carbocycles. The molecule has 8 nitrogen and oxygen atoms in total. The van der Waals surface area contributed by atoms with E-state index < -0.39 is 16.4 Å². The Kier molecular flexibility index (Phi) is 4.39. The van der Waals surface area contributed by atoms with E-state index >= 15 is 0 Å². The SMILES string of the molecule is CC1(NC(=O)c2cc(NN)ccc2[N+](=O)[O-])CCOCC1. The minimum absolute atomic E-state index is 0.0110. The smallest absolute Gasteiger partial charge is 0.282 e. The van der Waals surface area contributed by atoms with Gasteiger partial charge < -0.3 is 15.5 Å². The minimum Gasteiger partial charge on any atom is -0.381 e. The van der Waals surface area contributed by atoms with Crippen molar-refractivity contribution >= 4 is 17.3 Å². The summed E-state index contributed by atoms with van der Waals surface area (Å²) in [4.78, 5) is 22.9. The zero-order chi connectivity index (χ0) is 15.5. The number of ether oxygens (including phenoxy) is 1. The molecule has 1 aliphatic rings. The average Bonchev–Trinajstić information content (AvgIpc) is 2.46. The number of hydrogen-bond acceptors (Lipinski definition) is 6. The van der Waals surface area contributed by atoms with Crippen molar-refractivity contribution in [1.82, 2.24) is 5.32 Å². The number of hydrogen-bond donors (Lipinski definition) is 3. The van der Waals surface area contributed by atoms with Crippen LogP contribution in [0.4, 0.5) is 11.4 Å². The molecule has 0 radical (unpaired) electrons. The third-order valence-electron chi connectivity index (χ3n) is 3.62. The molecule has 1 aliphatic heterocycles. The predicted molar refractivity (Wildman–Crippen MR) is 76.8 cm³/mol. The van der Waals surface area contributed by atoms with Crippen molar-refractivity contribution in [1.29, 1.82) is 0 Å². The molecular formula is C13H18N4O4. The summed E-state index contributed by atoms with van der Waals surface area (Å²) in [5.74, 6) is 4.80. The van der Waals surface area contributed by atoms with Gasteiger partial charge in [0, 0.05) is 30.5 Å². The Balaban J connectivity index is 2.26. The predicted octanol–water partition coefficient (Wildman–Crippen LogP) is 1.18. The van der Waals surface area contributed by atoms with Crippen LogP contribution in [0, 0.1) is 10.1 Å². The summed E-state index contributed by atoms with van der Waals surface area (Å²) in [7, 11) is 0. The van der Waals surface area contributed by atoms with E-state index in [1.165, 1.54) is 18.2 Å². The van der Waals surface area contributed by atoms with E-state index in [4.69, 9.17) is 10.6 Å². The maximum Gasteiger partial charge on any atom is 0.282 e. The largest absolute Gasteiger partial charge is 0.381 e. The van der Waals surface area contributed by atoms with Crippen LogP contribution < -0.4 is 16.6 Å². The van der Waals surface area contributed by atoms with Crippen molar-refractivity contribution in [3.8, 4) is 0 Å². The number of nitrogens with zero attached hydrogens (tertiary/aromatic N) is 1. The number of carbonyl (C=O) groups excluding carboxylic acids is 1. The van der Waals surface area contributed by atoms with Crippen LogP contribution in [0.3, 0.4) is 0 Å². The van der Waals surface area contributed by atoms with Crippen molar-refractivity contribution in [3.05, 3.63) is 33.9 Å². The van der Waals surface area contributed by atoms with Crippen LogP contribution in [0.1, 0.15) is 30.1 Å².